The third-order valence-corrected chi connectivity index (χ3v) is 4.97. The van der Waals surface area contributed by atoms with E-state index >= 15 is 0 Å². The number of nitrogens with one attached hydrogen (secondary N) is 1. The van der Waals surface area contributed by atoms with Gasteiger partial charge in [0.25, 0.3) is 0 Å². The van der Waals surface area contributed by atoms with Crippen LogP contribution >= 0.6 is 0 Å². The summed E-state index contributed by atoms with van der Waals surface area (Å²) < 4.78 is 0. The first-order valence-electron chi connectivity index (χ1n) is 8.02. The molecule has 21 heavy (non-hydrogen) atoms. The van der Waals surface area contributed by atoms with Gasteiger partial charge in [-0.1, -0.05) is 25.1 Å². The maximum absolute atomic E-state index is 12.7. The summed E-state index contributed by atoms with van der Waals surface area (Å²) in [6.45, 7) is 5.53. The molecule has 0 saturated carbocycles. The highest BCUT2D eigenvalue weighted by atomic mass is 16.2. The molecule has 2 heterocycles. The highest BCUT2D eigenvalue weighted by Crippen LogP contribution is 2.27. The molecule has 1 saturated heterocycles. The van der Waals surface area contributed by atoms with Crippen LogP contribution in [-0.4, -0.2) is 54.5 Å². The number of nitrogens with zero attached hydrogens (tertiary/aromatic N) is 2. The van der Waals surface area contributed by atoms with Gasteiger partial charge in [0, 0.05) is 38.3 Å². The summed E-state index contributed by atoms with van der Waals surface area (Å²) in [6, 6.07) is 8.53. The zero-order valence-corrected chi connectivity index (χ0v) is 13.0. The van der Waals surface area contributed by atoms with Crippen LogP contribution in [0.25, 0.3) is 0 Å². The number of para-hydroxylation sites is 1. The Kier molecular flexibility index (Phi) is 4.15. The second-order valence-corrected chi connectivity index (χ2v) is 6.17. The van der Waals surface area contributed by atoms with Crippen molar-refractivity contribution in [2.24, 2.45) is 0 Å². The summed E-state index contributed by atoms with van der Waals surface area (Å²) in [5.74, 6) is 0.237. The number of piperidine rings is 1. The number of carbonyl (C=O) groups is 1. The van der Waals surface area contributed by atoms with Gasteiger partial charge >= 0.3 is 0 Å². The molecule has 0 radical (unpaired) electrons. The van der Waals surface area contributed by atoms with Crippen molar-refractivity contribution in [2.45, 2.75) is 38.3 Å². The van der Waals surface area contributed by atoms with E-state index in [9.17, 15) is 4.79 Å². The predicted octanol–water partition coefficient (Wildman–Crippen LogP) is 1.97. The Bertz CT molecular complexity index is 484. The smallest absolute Gasteiger partial charge is 0.245 e. The average Bonchev–Trinajstić information content (AvgIpc) is 2.97. The van der Waals surface area contributed by atoms with Crippen molar-refractivity contribution in [3.05, 3.63) is 29.8 Å². The number of likely N-dealkylation sites (N-methyl/N-ethyl adjacent to an activating group) is 1. The highest BCUT2D eigenvalue weighted by molar-refractivity contribution is 5.87. The van der Waals surface area contributed by atoms with E-state index in [1.807, 2.05) is 24.1 Å². The van der Waals surface area contributed by atoms with E-state index in [4.69, 9.17) is 0 Å². The fourth-order valence-electron chi connectivity index (χ4n) is 3.50. The van der Waals surface area contributed by atoms with E-state index in [0.717, 1.165) is 44.6 Å². The molecule has 1 aromatic carbocycles. The molecule has 0 bridgehead atoms. The van der Waals surface area contributed by atoms with Gasteiger partial charge in [0.1, 0.15) is 6.04 Å². The zero-order valence-electron chi connectivity index (χ0n) is 13.0. The molecule has 1 N–H and O–H groups in total. The molecule has 2 aliphatic rings. The van der Waals surface area contributed by atoms with Gasteiger partial charge in [0.2, 0.25) is 5.91 Å². The summed E-state index contributed by atoms with van der Waals surface area (Å²) in [7, 11) is 1.97. The van der Waals surface area contributed by atoms with Gasteiger partial charge in [-0.3, -0.25) is 4.79 Å². The maximum Gasteiger partial charge on any atom is 0.245 e. The SMILES string of the molecule is CCN1CCC(N(C)C(=O)C2Cc3ccccc3N2)CC1. The first-order valence-corrected chi connectivity index (χ1v) is 8.02. The monoisotopic (exact) mass is 287 g/mol. The van der Waals surface area contributed by atoms with Crippen LogP contribution in [-0.2, 0) is 11.2 Å². The molecule has 114 valence electrons. The number of likely N-dealkylation sites (tertiary alicyclic amines) is 1. The van der Waals surface area contributed by atoms with Crippen LogP contribution in [0.15, 0.2) is 24.3 Å². The number of anilines is 1. The number of benzene rings is 1. The lowest BCUT2D eigenvalue weighted by molar-refractivity contribution is -0.133. The van der Waals surface area contributed by atoms with Gasteiger partial charge in [-0.2, -0.15) is 0 Å². The van der Waals surface area contributed by atoms with Gasteiger partial charge < -0.3 is 15.1 Å². The number of fused-ring (bicyclic) bond motifs is 1. The molecule has 0 aromatic heterocycles. The van der Waals surface area contributed by atoms with Crippen molar-refractivity contribution in [2.75, 3.05) is 32.0 Å². The van der Waals surface area contributed by atoms with Gasteiger partial charge in [0.05, 0.1) is 0 Å². The normalized spacial score (nSPS) is 22.7. The van der Waals surface area contributed by atoms with Crippen molar-refractivity contribution < 1.29 is 4.79 Å². The largest absolute Gasteiger partial charge is 0.373 e. The highest BCUT2D eigenvalue weighted by Gasteiger charge is 2.32. The van der Waals surface area contributed by atoms with Crippen molar-refractivity contribution in [3.8, 4) is 0 Å². The first-order chi connectivity index (χ1) is 10.2. The molecule has 1 aromatic rings. The molecule has 3 rings (SSSR count). The fourth-order valence-corrected chi connectivity index (χ4v) is 3.50. The van der Waals surface area contributed by atoms with Crippen molar-refractivity contribution >= 4 is 11.6 Å². The van der Waals surface area contributed by atoms with E-state index in [1.54, 1.807) is 0 Å². The zero-order chi connectivity index (χ0) is 14.8. The topological polar surface area (TPSA) is 35.6 Å². The van der Waals surface area contributed by atoms with Crippen LogP contribution < -0.4 is 5.32 Å². The van der Waals surface area contributed by atoms with Gasteiger partial charge in [-0.25, -0.2) is 0 Å². The first kappa shape index (κ1) is 14.4. The van der Waals surface area contributed by atoms with E-state index in [2.05, 4.69) is 29.3 Å². The Balaban J connectivity index is 1.59. The molecule has 2 aliphatic heterocycles. The summed E-state index contributed by atoms with van der Waals surface area (Å²) in [6.07, 6.45) is 3.00. The van der Waals surface area contributed by atoms with E-state index in [-0.39, 0.29) is 11.9 Å². The fraction of sp³-hybridized carbons (Fsp3) is 0.588. The summed E-state index contributed by atoms with van der Waals surface area (Å²) in [5, 5.41) is 3.37. The molecular weight excluding hydrogens is 262 g/mol. The lowest BCUT2D eigenvalue weighted by atomic mass is 10.0. The Morgan fingerprint density at radius 2 is 2.05 bits per heavy atom. The number of hydrogen-bond acceptors (Lipinski definition) is 3. The molecule has 4 heteroatoms. The Hall–Kier alpha value is -1.55. The Labute approximate surface area is 127 Å². The second-order valence-electron chi connectivity index (χ2n) is 6.17. The Morgan fingerprint density at radius 3 is 2.71 bits per heavy atom. The van der Waals surface area contributed by atoms with Crippen LogP contribution in [0.4, 0.5) is 5.69 Å². The minimum Gasteiger partial charge on any atom is -0.373 e. The average molecular weight is 287 g/mol. The molecule has 1 amide bonds. The number of rotatable bonds is 3. The Morgan fingerprint density at radius 1 is 1.33 bits per heavy atom. The molecule has 1 fully saturated rings. The van der Waals surface area contributed by atoms with Crippen LogP contribution in [0.2, 0.25) is 0 Å². The van der Waals surface area contributed by atoms with Crippen molar-refractivity contribution in [1.29, 1.82) is 0 Å². The van der Waals surface area contributed by atoms with Crippen LogP contribution in [0.1, 0.15) is 25.3 Å². The van der Waals surface area contributed by atoms with Gasteiger partial charge in [0.15, 0.2) is 0 Å². The third kappa shape index (κ3) is 2.91. The lowest BCUT2D eigenvalue weighted by Crippen LogP contribution is -2.49. The van der Waals surface area contributed by atoms with Crippen LogP contribution in [0.5, 0.6) is 0 Å². The summed E-state index contributed by atoms with van der Waals surface area (Å²) in [5.41, 5.74) is 2.37. The minimum atomic E-state index is -0.0865. The predicted molar refractivity (Wildman–Crippen MR) is 85.5 cm³/mol. The summed E-state index contributed by atoms with van der Waals surface area (Å²) >= 11 is 0. The van der Waals surface area contributed by atoms with Crippen molar-refractivity contribution in [3.63, 3.8) is 0 Å². The van der Waals surface area contributed by atoms with Crippen molar-refractivity contribution in [1.82, 2.24) is 9.80 Å². The number of carbonyl (C=O) groups excluding carboxylic acids is 1. The second kappa shape index (κ2) is 6.06. The molecule has 0 spiro atoms. The van der Waals surface area contributed by atoms with E-state index in [0.29, 0.717) is 6.04 Å². The maximum atomic E-state index is 12.7. The minimum absolute atomic E-state index is 0.0865. The van der Waals surface area contributed by atoms with Crippen LogP contribution in [0, 0.1) is 0 Å². The molecular formula is C17H25N3O. The molecule has 0 aliphatic carbocycles. The van der Waals surface area contributed by atoms with E-state index in [1.165, 1.54) is 5.56 Å². The van der Waals surface area contributed by atoms with Crippen LogP contribution in [0.3, 0.4) is 0 Å². The summed E-state index contributed by atoms with van der Waals surface area (Å²) in [4.78, 5) is 17.2. The third-order valence-electron chi connectivity index (χ3n) is 4.97. The standard InChI is InChI=1S/C17H25N3O/c1-3-20-10-8-14(9-11-20)19(2)17(21)16-12-13-6-4-5-7-15(13)18-16/h4-7,14,16,18H,3,8-12H2,1-2H3. The lowest BCUT2D eigenvalue weighted by Gasteiger charge is -2.37. The quantitative estimate of drug-likeness (QED) is 0.923. The van der Waals surface area contributed by atoms with Gasteiger partial charge in [-0.05, 0) is 31.0 Å². The number of hydrogen-bond donors (Lipinski definition) is 1. The molecule has 1 atom stereocenters. The number of amides is 1. The molecule has 4 nitrogen and oxygen atoms in total. The van der Waals surface area contributed by atoms with E-state index < -0.39 is 0 Å². The van der Waals surface area contributed by atoms with Gasteiger partial charge in [-0.15, -0.1) is 0 Å². The molecule has 1 unspecified atom stereocenters.